The Morgan fingerprint density at radius 2 is 1.86 bits per heavy atom. The highest BCUT2D eigenvalue weighted by molar-refractivity contribution is 7.39. The number of hydrogen-bond donors (Lipinski definition) is 1. The minimum atomic E-state index is -2.50. The Kier molecular flexibility index (Phi) is 9.06. The molecule has 2 aromatic carbocycles. The van der Waals surface area contributed by atoms with Crippen LogP contribution in [0.4, 0.5) is 4.39 Å². The van der Waals surface area contributed by atoms with Crippen molar-refractivity contribution in [3.05, 3.63) is 77.2 Å². The number of aliphatic hydroxyl groups is 1. The summed E-state index contributed by atoms with van der Waals surface area (Å²) in [7, 11) is -1.23. The lowest BCUT2D eigenvalue weighted by Gasteiger charge is -2.23. The second kappa shape index (κ2) is 12.0. The lowest BCUT2D eigenvalue weighted by Crippen LogP contribution is -2.23. The van der Waals surface area contributed by atoms with Gasteiger partial charge in [-0.1, -0.05) is 56.7 Å². The van der Waals surface area contributed by atoms with Crippen LogP contribution in [0.25, 0.3) is 22.4 Å². The summed E-state index contributed by atoms with van der Waals surface area (Å²) >= 11 is 0. The molecule has 186 valence electrons. The quantitative estimate of drug-likeness (QED) is 0.207. The number of rotatable bonds is 9. The third-order valence-electron chi connectivity index (χ3n) is 5.80. The lowest BCUT2D eigenvalue weighted by atomic mass is 9.87. The first-order valence-corrected chi connectivity index (χ1v) is 12.6. The van der Waals surface area contributed by atoms with Gasteiger partial charge in [0.2, 0.25) is 5.66 Å². The van der Waals surface area contributed by atoms with Gasteiger partial charge in [0.1, 0.15) is 18.0 Å². The maximum absolute atomic E-state index is 14.0. The minimum Gasteiger partial charge on any atom is -0.387 e. The molecular formula is C28H28FNO5P+. The summed E-state index contributed by atoms with van der Waals surface area (Å²) in [5.74, 6) is -1.39. The number of aryl methyl sites for hydroxylation is 1. The van der Waals surface area contributed by atoms with E-state index in [0.29, 0.717) is 33.6 Å². The average molecular weight is 509 g/mol. The zero-order valence-electron chi connectivity index (χ0n) is 20.6. The van der Waals surface area contributed by atoms with Gasteiger partial charge in [-0.15, -0.1) is 4.52 Å². The van der Waals surface area contributed by atoms with Gasteiger partial charge in [-0.05, 0) is 52.3 Å². The molecule has 1 N–H and O–H groups in total. The van der Waals surface area contributed by atoms with Gasteiger partial charge < -0.3 is 9.84 Å². The molecule has 0 bridgehead atoms. The number of pyridine rings is 1. The molecular weight excluding hydrogens is 480 g/mol. The van der Waals surface area contributed by atoms with Crippen LogP contribution in [0, 0.1) is 25.3 Å². The Morgan fingerprint density at radius 1 is 1.17 bits per heavy atom. The molecule has 8 heteroatoms. The molecule has 3 rings (SSSR count). The zero-order valence-corrected chi connectivity index (χ0v) is 21.5. The van der Waals surface area contributed by atoms with E-state index in [-0.39, 0.29) is 5.92 Å². The van der Waals surface area contributed by atoms with Crippen LogP contribution in [0.1, 0.15) is 48.7 Å². The maximum atomic E-state index is 14.0. The van der Waals surface area contributed by atoms with Crippen LogP contribution in [0.3, 0.4) is 0 Å². The lowest BCUT2D eigenvalue weighted by molar-refractivity contribution is -0.139. The van der Waals surface area contributed by atoms with E-state index in [4.69, 9.17) is 15.9 Å². The van der Waals surface area contributed by atoms with E-state index in [2.05, 4.69) is 4.74 Å². The van der Waals surface area contributed by atoms with Crippen molar-refractivity contribution >= 4 is 14.0 Å². The number of halogens is 1. The molecule has 1 heterocycles. The molecule has 0 amide bonds. The Labute approximate surface area is 211 Å². The molecule has 0 saturated carbocycles. The van der Waals surface area contributed by atoms with Crippen molar-refractivity contribution in [2.75, 3.05) is 7.11 Å². The monoisotopic (exact) mass is 508 g/mol. The summed E-state index contributed by atoms with van der Waals surface area (Å²) in [4.78, 5) is 17.0. The summed E-state index contributed by atoms with van der Waals surface area (Å²) in [5, 5.41) is 11.1. The topological polar surface area (TPSA) is 85.7 Å². The highest BCUT2D eigenvalue weighted by Crippen LogP contribution is 2.51. The highest BCUT2D eigenvalue weighted by Gasteiger charge is 2.45. The van der Waals surface area contributed by atoms with Crippen LogP contribution in [0.2, 0.25) is 0 Å². The molecule has 0 spiro atoms. The van der Waals surface area contributed by atoms with E-state index < -0.39 is 38.0 Å². The molecule has 0 aliphatic heterocycles. The minimum absolute atomic E-state index is 0.157. The van der Waals surface area contributed by atoms with Crippen LogP contribution in [0.5, 0.6) is 0 Å². The molecule has 1 aromatic heterocycles. The SMILES string of the molecule is C#COC(=O)CC(O)C(c1c(-c2ccc(F)cc2C)cc(-c2ccccc2)nc1C(C)C)[P+](=O)OC. The summed E-state index contributed by atoms with van der Waals surface area (Å²) in [6.07, 6.45) is 4.88. The first kappa shape index (κ1) is 27.2. The van der Waals surface area contributed by atoms with E-state index >= 15 is 0 Å². The molecule has 0 aliphatic carbocycles. The Bertz CT molecular complexity index is 1300. The molecule has 3 unspecified atom stereocenters. The van der Waals surface area contributed by atoms with Crippen molar-refractivity contribution in [2.45, 2.75) is 44.9 Å². The second-order valence-electron chi connectivity index (χ2n) is 8.61. The molecule has 6 nitrogen and oxygen atoms in total. The summed E-state index contributed by atoms with van der Waals surface area (Å²) < 4.78 is 37.0. The molecule has 0 saturated heterocycles. The number of terminal acetylenes is 1. The van der Waals surface area contributed by atoms with Crippen molar-refractivity contribution in [1.29, 1.82) is 0 Å². The Hall–Kier alpha value is -3.43. The summed E-state index contributed by atoms with van der Waals surface area (Å²) in [6, 6.07) is 15.8. The average Bonchev–Trinajstić information content (AvgIpc) is 2.84. The van der Waals surface area contributed by atoms with Gasteiger partial charge in [0.15, 0.2) is 0 Å². The normalized spacial score (nSPS) is 13.1. The number of carbonyl (C=O) groups excluding carboxylic acids is 1. The molecule has 0 aliphatic rings. The van der Waals surface area contributed by atoms with E-state index in [1.807, 2.05) is 50.2 Å². The largest absolute Gasteiger partial charge is 0.518 e. The van der Waals surface area contributed by atoms with Gasteiger partial charge in [-0.3, -0.25) is 9.78 Å². The van der Waals surface area contributed by atoms with E-state index in [1.54, 1.807) is 19.1 Å². The molecule has 3 atom stereocenters. The van der Waals surface area contributed by atoms with Gasteiger partial charge in [-0.25, -0.2) is 4.39 Å². The van der Waals surface area contributed by atoms with Crippen molar-refractivity contribution < 1.29 is 28.1 Å². The van der Waals surface area contributed by atoms with Crippen molar-refractivity contribution in [2.24, 2.45) is 0 Å². The molecule has 0 radical (unpaired) electrons. The third kappa shape index (κ3) is 6.03. The Morgan fingerprint density at radius 3 is 2.44 bits per heavy atom. The van der Waals surface area contributed by atoms with E-state index in [0.717, 1.165) is 5.56 Å². The fourth-order valence-corrected chi connectivity index (χ4v) is 5.27. The van der Waals surface area contributed by atoms with Crippen LogP contribution in [-0.4, -0.2) is 29.3 Å². The van der Waals surface area contributed by atoms with Gasteiger partial charge >= 0.3 is 14.0 Å². The summed E-state index contributed by atoms with van der Waals surface area (Å²) in [5.41, 5.74) is 3.35. The number of aromatic nitrogens is 1. The number of benzene rings is 2. The fourth-order valence-electron chi connectivity index (χ4n) is 4.18. The highest BCUT2D eigenvalue weighted by atomic mass is 31.1. The van der Waals surface area contributed by atoms with Crippen LogP contribution in [-0.2, 0) is 18.6 Å². The van der Waals surface area contributed by atoms with Crippen molar-refractivity contribution in [3.8, 4) is 34.9 Å². The van der Waals surface area contributed by atoms with Crippen molar-refractivity contribution in [1.82, 2.24) is 4.98 Å². The van der Waals surface area contributed by atoms with E-state index in [9.17, 15) is 18.9 Å². The van der Waals surface area contributed by atoms with Gasteiger partial charge in [0.05, 0.1) is 24.9 Å². The number of ether oxygens (including phenoxy) is 1. The van der Waals surface area contributed by atoms with Gasteiger partial charge in [-0.2, -0.15) is 0 Å². The number of nitrogens with zero attached hydrogens (tertiary/aromatic N) is 1. The predicted octanol–water partition coefficient (Wildman–Crippen LogP) is 6.30. The predicted molar refractivity (Wildman–Crippen MR) is 137 cm³/mol. The van der Waals surface area contributed by atoms with Crippen molar-refractivity contribution in [3.63, 3.8) is 0 Å². The first-order chi connectivity index (χ1) is 17.2. The zero-order chi connectivity index (χ0) is 26.4. The molecule has 0 fully saturated rings. The van der Waals surface area contributed by atoms with Gasteiger partial charge in [0.25, 0.3) is 0 Å². The standard InChI is InChI=1S/C28H28FNO5P/c1-6-35-25(32)16-24(31)28(36(33)34-5)26-22(21-13-12-20(29)14-18(21)4)15-23(30-27(26)17(2)3)19-10-8-7-9-11-19/h1,7-15,17,24,28,31H,16H2,2-5H3/q+1. The van der Waals surface area contributed by atoms with Crippen LogP contribution >= 0.6 is 8.03 Å². The number of aliphatic hydroxyl groups excluding tert-OH is 1. The van der Waals surface area contributed by atoms with Crippen LogP contribution in [0.15, 0.2) is 54.6 Å². The van der Waals surface area contributed by atoms with Crippen LogP contribution < -0.4 is 0 Å². The van der Waals surface area contributed by atoms with Gasteiger partial charge in [0, 0.05) is 11.1 Å². The molecule has 36 heavy (non-hydrogen) atoms. The second-order valence-corrected chi connectivity index (χ2v) is 10.1. The number of carbonyl (C=O) groups is 1. The third-order valence-corrected chi connectivity index (χ3v) is 7.22. The molecule has 3 aromatic rings. The van der Waals surface area contributed by atoms with E-state index in [1.165, 1.54) is 19.2 Å². The Balaban J connectivity index is 2.37. The fraction of sp³-hybridized carbons (Fsp3) is 0.286. The summed E-state index contributed by atoms with van der Waals surface area (Å²) in [6.45, 7) is 5.63. The maximum Gasteiger partial charge on any atom is 0.518 e. The number of esters is 1. The number of hydrogen-bond acceptors (Lipinski definition) is 6. The first-order valence-electron chi connectivity index (χ1n) is 11.4. The smallest absolute Gasteiger partial charge is 0.387 e.